The van der Waals surface area contributed by atoms with Gasteiger partial charge in [-0.1, -0.05) is 30.3 Å². The molecule has 1 N–H and O–H groups in total. The summed E-state index contributed by atoms with van der Waals surface area (Å²) in [7, 11) is -3.63. The molecule has 0 heterocycles. The Balaban J connectivity index is 2.12. The number of carbonyl (C=O) groups is 2. The largest absolute Gasteiger partial charge is 0.461 e. The number of hydrogen-bond donors (Lipinski definition) is 1. The third-order valence-electron chi connectivity index (χ3n) is 2.27. The number of amides is 1. The van der Waals surface area contributed by atoms with Crippen LogP contribution in [0.4, 0.5) is 4.79 Å². The number of sulfonamides is 1. The van der Waals surface area contributed by atoms with Gasteiger partial charge in [0.2, 0.25) is 10.0 Å². The zero-order valence-corrected chi connectivity index (χ0v) is 12.4. The van der Waals surface area contributed by atoms with Gasteiger partial charge in [-0.05, 0) is 12.0 Å². The Bertz CT molecular complexity index is 570. The van der Waals surface area contributed by atoms with E-state index in [0.717, 1.165) is 11.8 Å². The molecular formula is C13H17NO6S. The Hall–Kier alpha value is -2.09. The number of ether oxygens (including phenoxy) is 2. The van der Waals surface area contributed by atoms with E-state index in [1.165, 1.54) is 0 Å². The van der Waals surface area contributed by atoms with Gasteiger partial charge in [-0.3, -0.25) is 4.79 Å². The van der Waals surface area contributed by atoms with E-state index in [1.54, 1.807) is 4.72 Å². The van der Waals surface area contributed by atoms with Crippen molar-refractivity contribution in [2.75, 3.05) is 12.9 Å². The van der Waals surface area contributed by atoms with Crippen molar-refractivity contribution in [3.63, 3.8) is 0 Å². The van der Waals surface area contributed by atoms with Crippen LogP contribution in [0.1, 0.15) is 18.4 Å². The lowest BCUT2D eigenvalue weighted by Crippen LogP contribution is -2.30. The van der Waals surface area contributed by atoms with E-state index < -0.39 is 22.1 Å². The number of hydrogen-bond acceptors (Lipinski definition) is 6. The van der Waals surface area contributed by atoms with Crippen LogP contribution in [0.25, 0.3) is 0 Å². The van der Waals surface area contributed by atoms with E-state index in [4.69, 9.17) is 4.74 Å². The summed E-state index contributed by atoms with van der Waals surface area (Å²) in [6.45, 7) is 0.122. The van der Waals surface area contributed by atoms with E-state index in [-0.39, 0.29) is 26.1 Å². The number of rotatable bonds is 7. The van der Waals surface area contributed by atoms with Crippen molar-refractivity contribution in [1.82, 2.24) is 4.72 Å². The number of esters is 1. The maximum absolute atomic E-state index is 11.4. The quantitative estimate of drug-likeness (QED) is 0.599. The van der Waals surface area contributed by atoms with Crippen LogP contribution >= 0.6 is 0 Å². The fourth-order valence-electron chi connectivity index (χ4n) is 1.37. The monoisotopic (exact) mass is 315 g/mol. The summed E-state index contributed by atoms with van der Waals surface area (Å²) in [5, 5.41) is 0. The molecule has 0 aliphatic carbocycles. The molecule has 8 heteroatoms. The van der Waals surface area contributed by atoms with Gasteiger partial charge in [0.25, 0.3) is 0 Å². The smallest absolute Gasteiger partial charge is 0.420 e. The summed E-state index contributed by atoms with van der Waals surface area (Å²) >= 11 is 0. The number of benzene rings is 1. The molecule has 0 aliphatic rings. The van der Waals surface area contributed by atoms with Gasteiger partial charge in [0, 0.05) is 6.42 Å². The topological polar surface area (TPSA) is 98.8 Å². The van der Waals surface area contributed by atoms with Crippen molar-refractivity contribution >= 4 is 22.1 Å². The summed E-state index contributed by atoms with van der Waals surface area (Å²) in [6.07, 6.45) is 0.120. The molecule has 1 aromatic rings. The summed E-state index contributed by atoms with van der Waals surface area (Å²) in [5.74, 6) is -0.411. The highest BCUT2D eigenvalue weighted by Gasteiger charge is 2.09. The van der Waals surface area contributed by atoms with Crippen molar-refractivity contribution in [3.8, 4) is 0 Å². The lowest BCUT2D eigenvalue weighted by Gasteiger charge is -2.06. The molecule has 0 saturated carbocycles. The normalized spacial score (nSPS) is 10.7. The fourth-order valence-corrected chi connectivity index (χ4v) is 1.73. The van der Waals surface area contributed by atoms with Crippen molar-refractivity contribution in [1.29, 1.82) is 0 Å². The van der Waals surface area contributed by atoms with Crippen molar-refractivity contribution in [3.05, 3.63) is 35.9 Å². The maximum atomic E-state index is 11.4. The predicted octanol–water partition coefficient (Wildman–Crippen LogP) is 1.20. The molecule has 21 heavy (non-hydrogen) atoms. The molecule has 0 atom stereocenters. The first-order valence-corrected chi connectivity index (χ1v) is 8.10. The van der Waals surface area contributed by atoms with Gasteiger partial charge in [-0.15, -0.1) is 0 Å². The van der Waals surface area contributed by atoms with Gasteiger partial charge in [-0.25, -0.2) is 17.9 Å². The number of nitrogens with one attached hydrogen (secondary N) is 1. The van der Waals surface area contributed by atoms with E-state index in [9.17, 15) is 18.0 Å². The van der Waals surface area contributed by atoms with Crippen LogP contribution in [0.2, 0.25) is 0 Å². The highest BCUT2D eigenvalue weighted by Crippen LogP contribution is 2.02. The molecular weight excluding hydrogens is 298 g/mol. The molecule has 0 aromatic heterocycles. The molecule has 116 valence electrons. The van der Waals surface area contributed by atoms with E-state index in [1.807, 2.05) is 30.3 Å². The Kier molecular flexibility index (Phi) is 6.67. The summed E-state index contributed by atoms with van der Waals surface area (Å²) in [5.41, 5.74) is 0.884. The highest BCUT2D eigenvalue weighted by atomic mass is 32.2. The van der Waals surface area contributed by atoms with Crippen molar-refractivity contribution < 1.29 is 27.5 Å². The van der Waals surface area contributed by atoms with E-state index >= 15 is 0 Å². The van der Waals surface area contributed by atoms with Crippen molar-refractivity contribution in [2.45, 2.75) is 19.4 Å². The minimum absolute atomic E-state index is 0.0677. The average molecular weight is 315 g/mol. The van der Waals surface area contributed by atoms with Crippen molar-refractivity contribution in [2.24, 2.45) is 0 Å². The molecule has 0 unspecified atom stereocenters. The molecule has 0 radical (unpaired) electrons. The molecule has 0 aliphatic heterocycles. The molecule has 1 aromatic carbocycles. The van der Waals surface area contributed by atoms with Crippen LogP contribution in [-0.4, -0.2) is 33.3 Å². The van der Waals surface area contributed by atoms with Crippen LogP contribution in [-0.2, 0) is 30.9 Å². The fraction of sp³-hybridized carbons (Fsp3) is 0.385. The van der Waals surface area contributed by atoms with Crippen LogP contribution < -0.4 is 4.72 Å². The zero-order chi connectivity index (χ0) is 15.7. The average Bonchev–Trinajstić information content (AvgIpc) is 2.40. The lowest BCUT2D eigenvalue weighted by atomic mass is 10.2. The first-order chi connectivity index (χ1) is 9.87. The molecule has 0 bridgehead atoms. The second-order valence-corrected chi connectivity index (χ2v) is 6.01. The molecule has 0 saturated heterocycles. The molecule has 1 rings (SSSR count). The molecule has 7 nitrogen and oxygen atoms in total. The van der Waals surface area contributed by atoms with Gasteiger partial charge in [0.15, 0.2) is 0 Å². The first kappa shape index (κ1) is 17.0. The summed E-state index contributed by atoms with van der Waals surface area (Å²) in [4.78, 5) is 22.4. The van der Waals surface area contributed by atoms with Gasteiger partial charge < -0.3 is 9.47 Å². The molecule has 0 spiro atoms. The Morgan fingerprint density at radius 3 is 2.43 bits per heavy atom. The van der Waals surface area contributed by atoms with Gasteiger partial charge in [-0.2, -0.15) is 0 Å². The predicted molar refractivity (Wildman–Crippen MR) is 74.8 cm³/mol. The Morgan fingerprint density at radius 2 is 1.81 bits per heavy atom. The minimum atomic E-state index is -3.63. The molecule has 1 amide bonds. The summed E-state index contributed by atoms with van der Waals surface area (Å²) < 4.78 is 32.7. The van der Waals surface area contributed by atoms with E-state index in [0.29, 0.717) is 0 Å². The van der Waals surface area contributed by atoms with Gasteiger partial charge in [0.05, 0.1) is 12.9 Å². The molecule has 0 fully saturated rings. The third kappa shape index (κ3) is 8.64. The zero-order valence-electron chi connectivity index (χ0n) is 11.6. The number of carbonyl (C=O) groups excluding carboxylic acids is 2. The van der Waals surface area contributed by atoms with Crippen LogP contribution in [0, 0.1) is 0 Å². The van der Waals surface area contributed by atoms with Gasteiger partial charge >= 0.3 is 12.1 Å². The van der Waals surface area contributed by atoms with Crippen LogP contribution in [0.5, 0.6) is 0 Å². The minimum Gasteiger partial charge on any atom is -0.461 e. The Morgan fingerprint density at radius 1 is 1.14 bits per heavy atom. The SMILES string of the molecule is CS(=O)(=O)NC(=O)OCCCC(=O)OCc1ccccc1. The second-order valence-electron chi connectivity index (χ2n) is 4.26. The Labute approximate surface area is 123 Å². The van der Waals surface area contributed by atoms with Crippen LogP contribution in [0.3, 0.4) is 0 Å². The second kappa shape index (κ2) is 8.25. The first-order valence-electron chi connectivity index (χ1n) is 6.21. The van der Waals surface area contributed by atoms with Crippen LogP contribution in [0.15, 0.2) is 30.3 Å². The third-order valence-corrected chi connectivity index (χ3v) is 2.81. The highest BCUT2D eigenvalue weighted by molar-refractivity contribution is 7.89. The van der Waals surface area contributed by atoms with Gasteiger partial charge in [0.1, 0.15) is 6.61 Å². The lowest BCUT2D eigenvalue weighted by molar-refractivity contribution is -0.145. The maximum Gasteiger partial charge on any atom is 0.420 e. The summed E-state index contributed by atoms with van der Waals surface area (Å²) in [6, 6.07) is 9.23. The standard InChI is InChI=1S/C13H17NO6S/c1-21(17,18)14-13(16)19-9-5-8-12(15)20-10-11-6-3-2-4-7-11/h2-4,6-7H,5,8-10H2,1H3,(H,14,16). The van der Waals surface area contributed by atoms with E-state index in [2.05, 4.69) is 4.74 Å².